The third-order valence-electron chi connectivity index (χ3n) is 3.21. The molecule has 0 aromatic rings. The first-order valence-electron chi connectivity index (χ1n) is 5.60. The van der Waals surface area contributed by atoms with Crippen LogP contribution in [0.4, 0.5) is 0 Å². The first-order valence-corrected chi connectivity index (χ1v) is 6.89. The quantitative estimate of drug-likeness (QED) is 0.308. The van der Waals surface area contributed by atoms with E-state index >= 15 is 0 Å². The van der Waals surface area contributed by atoms with E-state index in [1.807, 2.05) is 13.2 Å². The zero-order valence-corrected chi connectivity index (χ0v) is 11.6. The predicted octanol–water partition coefficient (Wildman–Crippen LogP) is 1.78. The molecule has 0 saturated heterocycles. The maximum absolute atomic E-state index is 9.43. The van der Waals surface area contributed by atoms with Gasteiger partial charge in [-0.05, 0) is 24.0 Å². The van der Waals surface area contributed by atoms with Gasteiger partial charge in [-0.3, -0.25) is 5.21 Å². The van der Waals surface area contributed by atoms with E-state index in [1.54, 1.807) is 11.8 Å². The summed E-state index contributed by atoms with van der Waals surface area (Å²) in [5.74, 6) is 5.68. The van der Waals surface area contributed by atoms with E-state index in [0.29, 0.717) is 5.25 Å². The number of thiocarbonyl (C=S) groups is 1. The molecule has 1 aliphatic heterocycles. The summed E-state index contributed by atoms with van der Waals surface area (Å²) in [4.78, 5) is 0.984. The minimum Gasteiger partial charge on any atom is -0.394 e. The molecule has 2 unspecified atom stereocenters. The van der Waals surface area contributed by atoms with Crippen molar-refractivity contribution in [2.45, 2.75) is 25.0 Å². The first-order chi connectivity index (χ1) is 8.06. The van der Waals surface area contributed by atoms with Gasteiger partial charge in [0.25, 0.3) is 0 Å². The molecule has 0 radical (unpaired) electrons. The fraction of sp³-hybridized carbons (Fsp3) is 0.545. The monoisotopic (exact) mass is 271 g/mol. The molecule has 2 aliphatic rings. The maximum atomic E-state index is 9.43. The van der Waals surface area contributed by atoms with E-state index in [2.05, 4.69) is 12.2 Å². The first kappa shape index (κ1) is 12.9. The smallest absolute Gasteiger partial charge is 0.115 e. The Morgan fingerprint density at radius 3 is 2.88 bits per heavy atom. The Kier molecular flexibility index (Phi) is 3.77. The van der Waals surface area contributed by atoms with Crippen LogP contribution in [0.1, 0.15) is 19.8 Å². The van der Waals surface area contributed by atoms with E-state index in [1.165, 1.54) is 11.1 Å². The van der Waals surface area contributed by atoms with Crippen LogP contribution in [0.5, 0.6) is 0 Å². The zero-order chi connectivity index (χ0) is 12.6. The van der Waals surface area contributed by atoms with Crippen molar-refractivity contribution in [3.8, 4) is 0 Å². The van der Waals surface area contributed by atoms with Crippen LogP contribution in [0.3, 0.4) is 0 Å². The standard InChI is InChI=1S/C11H17N3OS2/c1-6-9-8(11(17-6)14(12)15)4-3-7(5-13-2)10(9)16/h5-6,9,13,15H,3-4,12H2,1-2H3. The number of hydrogen-bond donors (Lipinski definition) is 3. The van der Waals surface area contributed by atoms with Gasteiger partial charge in [-0.15, -0.1) is 11.8 Å². The summed E-state index contributed by atoms with van der Waals surface area (Å²) in [6.45, 7) is 2.13. The second-order valence-corrected chi connectivity index (χ2v) is 6.10. The van der Waals surface area contributed by atoms with E-state index in [-0.39, 0.29) is 5.92 Å². The van der Waals surface area contributed by atoms with Crippen molar-refractivity contribution >= 4 is 28.8 Å². The molecule has 6 heteroatoms. The molecule has 0 aromatic carbocycles. The lowest BCUT2D eigenvalue weighted by molar-refractivity contribution is -0.0479. The van der Waals surface area contributed by atoms with E-state index in [0.717, 1.165) is 27.9 Å². The summed E-state index contributed by atoms with van der Waals surface area (Å²) >= 11 is 7.15. The number of hydrogen-bond acceptors (Lipinski definition) is 6. The average Bonchev–Trinajstić information content (AvgIpc) is 2.61. The predicted molar refractivity (Wildman–Crippen MR) is 74.4 cm³/mol. The Labute approximate surface area is 111 Å². The van der Waals surface area contributed by atoms with E-state index in [9.17, 15) is 5.21 Å². The third kappa shape index (κ3) is 2.22. The van der Waals surface area contributed by atoms with Crippen molar-refractivity contribution in [3.63, 3.8) is 0 Å². The van der Waals surface area contributed by atoms with E-state index in [4.69, 9.17) is 18.1 Å². The molecular formula is C11H17N3OS2. The van der Waals surface area contributed by atoms with Crippen molar-refractivity contribution in [2.75, 3.05) is 7.05 Å². The van der Waals surface area contributed by atoms with Crippen molar-refractivity contribution in [1.29, 1.82) is 0 Å². The molecule has 0 spiro atoms. The SMILES string of the molecule is CNC=C1CCC2=C(N(N)O)SC(C)C2C1=S. The number of allylic oxidation sites excluding steroid dienone is 2. The number of nitrogens with zero attached hydrogens (tertiary/aromatic N) is 1. The molecule has 1 fully saturated rings. The molecule has 1 aliphatic carbocycles. The minimum atomic E-state index is 0.233. The highest BCUT2D eigenvalue weighted by atomic mass is 32.2. The molecule has 0 amide bonds. The number of rotatable bonds is 2. The van der Waals surface area contributed by atoms with Crippen LogP contribution >= 0.6 is 24.0 Å². The molecule has 4 nitrogen and oxygen atoms in total. The van der Waals surface area contributed by atoms with Crippen LogP contribution in [-0.4, -0.2) is 27.5 Å². The van der Waals surface area contributed by atoms with E-state index < -0.39 is 0 Å². The molecule has 2 rings (SSSR count). The lowest BCUT2D eigenvalue weighted by Crippen LogP contribution is -2.29. The number of hydroxylamine groups is 1. The molecule has 0 bridgehead atoms. The summed E-state index contributed by atoms with van der Waals surface area (Å²) in [6.07, 6.45) is 3.81. The molecule has 2 atom stereocenters. The number of hydrazine groups is 1. The summed E-state index contributed by atoms with van der Waals surface area (Å²) < 4.78 is 0. The van der Waals surface area contributed by atoms with Gasteiger partial charge < -0.3 is 5.32 Å². The summed E-state index contributed by atoms with van der Waals surface area (Å²) in [5, 5.41) is 14.3. The lowest BCUT2D eigenvalue weighted by Gasteiger charge is -2.27. The Bertz CT molecular complexity index is 404. The van der Waals surface area contributed by atoms with Gasteiger partial charge in [0.05, 0.1) is 0 Å². The van der Waals surface area contributed by atoms with Gasteiger partial charge >= 0.3 is 0 Å². The number of thioether (sulfide) groups is 1. The summed E-state index contributed by atoms with van der Waals surface area (Å²) in [7, 11) is 1.88. The van der Waals surface area contributed by atoms with Crippen LogP contribution in [0, 0.1) is 5.92 Å². The van der Waals surface area contributed by atoms with Gasteiger partial charge in [0.2, 0.25) is 0 Å². The van der Waals surface area contributed by atoms with Crippen LogP contribution in [-0.2, 0) is 0 Å². The Morgan fingerprint density at radius 1 is 1.59 bits per heavy atom. The molecule has 94 valence electrons. The van der Waals surface area contributed by atoms with Crippen molar-refractivity contribution in [2.24, 2.45) is 11.8 Å². The number of fused-ring (bicyclic) bond motifs is 1. The van der Waals surface area contributed by atoms with Gasteiger partial charge in [-0.1, -0.05) is 19.1 Å². The Balaban J connectivity index is 2.33. The van der Waals surface area contributed by atoms with Gasteiger partial charge in [-0.2, -0.15) is 5.17 Å². The molecule has 1 heterocycles. The highest BCUT2D eigenvalue weighted by molar-refractivity contribution is 8.04. The number of nitrogens with two attached hydrogens (primary N) is 1. The molecule has 17 heavy (non-hydrogen) atoms. The topological polar surface area (TPSA) is 61.5 Å². The average molecular weight is 271 g/mol. The lowest BCUT2D eigenvalue weighted by atomic mass is 9.80. The minimum absolute atomic E-state index is 0.233. The maximum Gasteiger partial charge on any atom is 0.115 e. The van der Waals surface area contributed by atoms with Crippen molar-refractivity contribution in [1.82, 2.24) is 10.5 Å². The van der Waals surface area contributed by atoms with Gasteiger partial charge in [0, 0.05) is 29.3 Å². The normalized spacial score (nSPS) is 30.8. The van der Waals surface area contributed by atoms with Crippen LogP contribution in [0.25, 0.3) is 0 Å². The largest absolute Gasteiger partial charge is 0.394 e. The van der Waals surface area contributed by atoms with Crippen LogP contribution < -0.4 is 11.2 Å². The van der Waals surface area contributed by atoms with Crippen LogP contribution in [0.15, 0.2) is 22.4 Å². The van der Waals surface area contributed by atoms with Crippen LogP contribution in [0.2, 0.25) is 0 Å². The summed E-state index contributed by atoms with van der Waals surface area (Å²) in [5.41, 5.74) is 2.39. The fourth-order valence-electron chi connectivity index (χ4n) is 2.48. The highest BCUT2D eigenvalue weighted by Crippen LogP contribution is 2.48. The van der Waals surface area contributed by atoms with Gasteiger partial charge in [0.15, 0.2) is 0 Å². The summed E-state index contributed by atoms with van der Waals surface area (Å²) in [6, 6.07) is 0. The number of nitrogens with one attached hydrogen (secondary N) is 1. The van der Waals surface area contributed by atoms with Gasteiger partial charge in [-0.25, -0.2) is 5.84 Å². The Hall–Kier alpha value is -0.560. The second-order valence-electron chi connectivity index (χ2n) is 4.30. The van der Waals surface area contributed by atoms with Gasteiger partial charge in [0.1, 0.15) is 5.03 Å². The second kappa shape index (κ2) is 4.97. The third-order valence-corrected chi connectivity index (χ3v) is 5.04. The van der Waals surface area contributed by atoms with Crippen molar-refractivity contribution in [3.05, 3.63) is 22.4 Å². The highest BCUT2D eigenvalue weighted by Gasteiger charge is 2.40. The van der Waals surface area contributed by atoms with Crippen molar-refractivity contribution < 1.29 is 5.21 Å². The molecule has 0 aromatic heterocycles. The fourth-order valence-corrected chi connectivity index (χ4v) is 4.35. The molecule has 1 saturated carbocycles. The molecule has 4 N–H and O–H groups in total. The Morgan fingerprint density at radius 2 is 2.29 bits per heavy atom. The zero-order valence-electron chi connectivity index (χ0n) is 9.93. The molecular weight excluding hydrogens is 254 g/mol.